The van der Waals surface area contributed by atoms with Crippen molar-refractivity contribution in [2.45, 2.75) is 6.61 Å². The molecule has 2 aromatic heterocycles. The van der Waals surface area contributed by atoms with E-state index in [1.165, 1.54) is 6.07 Å². The molecule has 0 aliphatic rings. The number of hydrogen-bond acceptors (Lipinski definition) is 4. The zero-order chi connectivity index (χ0) is 14.7. The van der Waals surface area contributed by atoms with Crippen molar-refractivity contribution in [3.63, 3.8) is 0 Å². The Kier molecular flexibility index (Phi) is 3.47. The second-order valence-corrected chi connectivity index (χ2v) is 4.49. The molecule has 3 aromatic rings. The van der Waals surface area contributed by atoms with Crippen molar-refractivity contribution >= 4 is 16.7 Å². The number of aromatic nitrogens is 2. The molecule has 0 aliphatic carbocycles. The van der Waals surface area contributed by atoms with E-state index in [4.69, 9.17) is 9.84 Å². The Bertz CT molecular complexity index is 788. The minimum absolute atomic E-state index is 0.0569. The summed E-state index contributed by atoms with van der Waals surface area (Å²) in [5.74, 6) is -0.790. The summed E-state index contributed by atoms with van der Waals surface area (Å²) in [7, 11) is 0. The Morgan fingerprint density at radius 3 is 2.76 bits per heavy atom. The summed E-state index contributed by atoms with van der Waals surface area (Å²) in [4.78, 5) is 19.2. The largest absolute Gasteiger partial charge is 0.477 e. The number of aromatic carboxylic acids is 1. The van der Waals surface area contributed by atoms with E-state index in [-0.39, 0.29) is 5.69 Å². The standard InChI is InChI=1S/C16H12N2O3/c19-16(20)14-8-12-9-17-7-6-13(12)15(18-14)21-10-11-4-2-1-3-5-11/h1-9H,10H2,(H,19,20). The molecule has 0 fully saturated rings. The molecule has 0 spiro atoms. The first kappa shape index (κ1) is 13.1. The maximum absolute atomic E-state index is 11.1. The molecule has 5 heteroatoms. The van der Waals surface area contributed by atoms with Gasteiger partial charge in [-0.1, -0.05) is 30.3 Å². The summed E-state index contributed by atoms with van der Waals surface area (Å²) in [6.07, 6.45) is 3.22. The van der Waals surface area contributed by atoms with Crippen LogP contribution in [-0.4, -0.2) is 21.0 Å². The van der Waals surface area contributed by atoms with E-state index >= 15 is 0 Å². The Morgan fingerprint density at radius 2 is 2.00 bits per heavy atom. The number of carboxylic acids is 1. The van der Waals surface area contributed by atoms with Crippen LogP contribution in [0.3, 0.4) is 0 Å². The monoisotopic (exact) mass is 280 g/mol. The normalized spacial score (nSPS) is 10.5. The molecule has 104 valence electrons. The molecule has 0 atom stereocenters. The highest BCUT2D eigenvalue weighted by Gasteiger charge is 2.12. The van der Waals surface area contributed by atoms with Crippen LogP contribution in [0.1, 0.15) is 16.1 Å². The Morgan fingerprint density at radius 1 is 1.19 bits per heavy atom. The summed E-state index contributed by atoms with van der Waals surface area (Å²) in [6.45, 7) is 0.328. The van der Waals surface area contributed by atoms with Crippen molar-refractivity contribution < 1.29 is 14.6 Å². The number of pyridine rings is 2. The summed E-state index contributed by atoms with van der Waals surface area (Å²) in [5.41, 5.74) is 0.931. The number of ether oxygens (including phenoxy) is 1. The van der Waals surface area contributed by atoms with Crippen LogP contribution < -0.4 is 4.74 Å². The van der Waals surface area contributed by atoms with E-state index in [0.717, 1.165) is 10.9 Å². The van der Waals surface area contributed by atoms with Gasteiger partial charge in [0.1, 0.15) is 6.61 Å². The molecule has 0 radical (unpaired) electrons. The maximum atomic E-state index is 11.1. The van der Waals surface area contributed by atoms with Crippen molar-refractivity contribution in [1.29, 1.82) is 0 Å². The van der Waals surface area contributed by atoms with Crippen LogP contribution >= 0.6 is 0 Å². The van der Waals surface area contributed by atoms with Gasteiger partial charge in [-0.25, -0.2) is 9.78 Å². The molecule has 2 heterocycles. The van der Waals surface area contributed by atoms with Gasteiger partial charge in [-0.15, -0.1) is 0 Å². The van der Waals surface area contributed by atoms with Crippen molar-refractivity contribution in [2.75, 3.05) is 0 Å². The average Bonchev–Trinajstić information content (AvgIpc) is 2.53. The van der Waals surface area contributed by atoms with Crippen LogP contribution in [-0.2, 0) is 6.61 Å². The minimum atomic E-state index is -1.09. The third-order valence-corrected chi connectivity index (χ3v) is 3.03. The molecule has 0 bridgehead atoms. The van der Waals surface area contributed by atoms with Gasteiger partial charge in [0, 0.05) is 23.2 Å². The number of carboxylic acid groups (broad SMARTS) is 1. The second-order valence-electron chi connectivity index (χ2n) is 4.49. The Hall–Kier alpha value is -2.95. The molecule has 1 N–H and O–H groups in total. The third-order valence-electron chi connectivity index (χ3n) is 3.03. The Balaban J connectivity index is 1.98. The van der Waals surface area contributed by atoms with Crippen molar-refractivity contribution in [1.82, 2.24) is 9.97 Å². The van der Waals surface area contributed by atoms with Gasteiger partial charge < -0.3 is 9.84 Å². The number of carbonyl (C=O) groups is 1. The van der Waals surface area contributed by atoms with E-state index < -0.39 is 5.97 Å². The molecular formula is C16H12N2O3. The number of benzene rings is 1. The first-order chi connectivity index (χ1) is 10.2. The summed E-state index contributed by atoms with van der Waals surface area (Å²) in [6, 6.07) is 12.9. The van der Waals surface area contributed by atoms with Crippen LogP contribution in [0.2, 0.25) is 0 Å². The van der Waals surface area contributed by atoms with Crippen LogP contribution in [0.5, 0.6) is 5.88 Å². The lowest BCUT2D eigenvalue weighted by Gasteiger charge is -2.09. The molecular weight excluding hydrogens is 268 g/mol. The van der Waals surface area contributed by atoms with Gasteiger partial charge >= 0.3 is 5.97 Å². The SMILES string of the molecule is O=C(O)c1cc2cnccc2c(OCc2ccccc2)n1. The topological polar surface area (TPSA) is 72.3 Å². The number of rotatable bonds is 4. The molecule has 0 aliphatic heterocycles. The summed E-state index contributed by atoms with van der Waals surface area (Å²) < 4.78 is 5.69. The van der Waals surface area contributed by atoms with Gasteiger partial charge in [0.05, 0.1) is 0 Å². The van der Waals surface area contributed by atoms with E-state index in [0.29, 0.717) is 17.9 Å². The predicted molar refractivity (Wildman–Crippen MR) is 77.3 cm³/mol. The lowest BCUT2D eigenvalue weighted by atomic mass is 10.2. The highest BCUT2D eigenvalue weighted by molar-refractivity contribution is 5.94. The minimum Gasteiger partial charge on any atom is -0.477 e. The molecule has 0 unspecified atom stereocenters. The first-order valence-corrected chi connectivity index (χ1v) is 6.39. The smallest absolute Gasteiger partial charge is 0.354 e. The molecule has 0 amide bonds. The van der Waals surface area contributed by atoms with Gasteiger partial charge in [-0.2, -0.15) is 0 Å². The van der Waals surface area contributed by atoms with E-state index in [9.17, 15) is 4.79 Å². The highest BCUT2D eigenvalue weighted by Crippen LogP contribution is 2.24. The van der Waals surface area contributed by atoms with Crippen LogP contribution in [0, 0.1) is 0 Å². The fourth-order valence-corrected chi connectivity index (χ4v) is 2.01. The Labute approximate surface area is 120 Å². The number of nitrogens with zero attached hydrogens (tertiary/aromatic N) is 2. The lowest BCUT2D eigenvalue weighted by molar-refractivity contribution is 0.0689. The van der Waals surface area contributed by atoms with Gasteiger partial charge in [-0.3, -0.25) is 4.98 Å². The van der Waals surface area contributed by atoms with Crippen LogP contribution in [0.4, 0.5) is 0 Å². The maximum Gasteiger partial charge on any atom is 0.354 e. The predicted octanol–water partition coefficient (Wildman–Crippen LogP) is 2.91. The number of hydrogen-bond donors (Lipinski definition) is 1. The zero-order valence-corrected chi connectivity index (χ0v) is 11.1. The molecule has 1 aromatic carbocycles. The average molecular weight is 280 g/mol. The molecule has 21 heavy (non-hydrogen) atoms. The van der Waals surface area contributed by atoms with Gasteiger partial charge in [0.25, 0.3) is 0 Å². The quantitative estimate of drug-likeness (QED) is 0.795. The van der Waals surface area contributed by atoms with Gasteiger partial charge in [0.2, 0.25) is 5.88 Å². The van der Waals surface area contributed by atoms with Crippen LogP contribution in [0.15, 0.2) is 54.9 Å². The number of fused-ring (bicyclic) bond motifs is 1. The van der Waals surface area contributed by atoms with E-state index in [1.807, 2.05) is 30.3 Å². The van der Waals surface area contributed by atoms with E-state index in [1.54, 1.807) is 18.5 Å². The summed E-state index contributed by atoms with van der Waals surface area (Å²) >= 11 is 0. The highest BCUT2D eigenvalue weighted by atomic mass is 16.5. The van der Waals surface area contributed by atoms with Crippen molar-refractivity contribution in [3.8, 4) is 5.88 Å². The second kappa shape index (κ2) is 5.58. The van der Waals surface area contributed by atoms with Gasteiger partial charge in [0.15, 0.2) is 5.69 Å². The third kappa shape index (κ3) is 2.81. The lowest BCUT2D eigenvalue weighted by Crippen LogP contribution is -2.04. The fourth-order valence-electron chi connectivity index (χ4n) is 2.01. The van der Waals surface area contributed by atoms with E-state index in [2.05, 4.69) is 9.97 Å². The molecule has 3 rings (SSSR count). The first-order valence-electron chi connectivity index (χ1n) is 6.39. The molecule has 5 nitrogen and oxygen atoms in total. The summed E-state index contributed by atoms with van der Waals surface area (Å²) in [5, 5.41) is 10.5. The fraction of sp³-hybridized carbons (Fsp3) is 0.0625. The van der Waals surface area contributed by atoms with Crippen LogP contribution in [0.25, 0.3) is 10.8 Å². The van der Waals surface area contributed by atoms with Gasteiger partial charge in [-0.05, 0) is 17.7 Å². The van der Waals surface area contributed by atoms with Crippen molar-refractivity contribution in [3.05, 3.63) is 66.1 Å². The molecule has 0 saturated carbocycles. The van der Waals surface area contributed by atoms with Crippen molar-refractivity contribution in [2.24, 2.45) is 0 Å². The zero-order valence-electron chi connectivity index (χ0n) is 11.1. The molecule has 0 saturated heterocycles.